The van der Waals surface area contributed by atoms with Crippen molar-refractivity contribution in [3.8, 4) is 0 Å². The largest absolute Gasteiger partial charge is 1.00 e. The first-order valence-corrected chi connectivity index (χ1v) is 1.53. The van der Waals surface area contributed by atoms with Crippen molar-refractivity contribution in [3.63, 3.8) is 0 Å². The van der Waals surface area contributed by atoms with Gasteiger partial charge in [0.15, 0.2) is 0 Å². The number of aliphatic hydroxyl groups is 1. The second-order valence-electron chi connectivity index (χ2n) is 1.02. The molecule has 1 unspecified atom stereocenters. The first-order chi connectivity index (χ1) is 2.27. The normalized spacial score (nSPS) is 12.5. The minimum Gasteiger partial charge on any atom is -0.853 e. The Balaban J connectivity index is 0. The maximum Gasteiger partial charge on any atom is 1.00 e. The van der Waals surface area contributed by atoms with Crippen LogP contribution in [0.1, 0.15) is 6.92 Å². The second kappa shape index (κ2) is 5.92. The standard InChI is InChI=1S/C3H7O2.Na/c1-3(5)2-4;/h3,5H,2H2,1H3;/q-1;+1. The SMILES string of the molecule is CC(O)C[O-].[Na+]. The Hall–Kier alpha value is 0.920. The van der Waals surface area contributed by atoms with Gasteiger partial charge in [0.25, 0.3) is 0 Å². The molecule has 6 heavy (non-hydrogen) atoms. The summed E-state index contributed by atoms with van der Waals surface area (Å²) in [5.41, 5.74) is 0. The Bertz CT molecular complexity index is 22.8. The first-order valence-electron chi connectivity index (χ1n) is 1.53. The van der Waals surface area contributed by atoms with E-state index >= 15 is 0 Å². The van der Waals surface area contributed by atoms with Gasteiger partial charge < -0.3 is 10.2 Å². The zero-order chi connectivity index (χ0) is 4.28. The number of hydrogen-bond donors (Lipinski definition) is 1. The van der Waals surface area contributed by atoms with Crippen molar-refractivity contribution < 1.29 is 39.8 Å². The van der Waals surface area contributed by atoms with Crippen molar-refractivity contribution in [2.24, 2.45) is 0 Å². The molecule has 0 aromatic heterocycles. The summed E-state index contributed by atoms with van der Waals surface area (Å²) in [6.07, 6.45) is -0.671. The van der Waals surface area contributed by atoms with E-state index in [1.807, 2.05) is 0 Å². The van der Waals surface area contributed by atoms with Gasteiger partial charge in [-0.15, -0.1) is 6.61 Å². The Morgan fingerprint density at radius 2 is 2.00 bits per heavy atom. The number of hydrogen-bond acceptors (Lipinski definition) is 2. The van der Waals surface area contributed by atoms with Crippen LogP contribution in [0.4, 0.5) is 0 Å². The first kappa shape index (κ1) is 10.0. The van der Waals surface area contributed by atoms with Crippen molar-refractivity contribution in [3.05, 3.63) is 0 Å². The molecule has 0 amide bonds. The second-order valence-corrected chi connectivity index (χ2v) is 1.02. The van der Waals surface area contributed by atoms with Gasteiger partial charge in [-0.1, -0.05) is 0 Å². The number of rotatable bonds is 1. The van der Waals surface area contributed by atoms with Crippen LogP contribution in [0.5, 0.6) is 0 Å². The van der Waals surface area contributed by atoms with Crippen molar-refractivity contribution >= 4 is 0 Å². The van der Waals surface area contributed by atoms with E-state index in [2.05, 4.69) is 0 Å². The van der Waals surface area contributed by atoms with Crippen LogP contribution in [0.25, 0.3) is 0 Å². The molecule has 3 heteroatoms. The molecule has 0 radical (unpaired) electrons. The molecule has 0 spiro atoms. The van der Waals surface area contributed by atoms with Crippen molar-refractivity contribution in [1.82, 2.24) is 0 Å². The van der Waals surface area contributed by atoms with Gasteiger partial charge in [0.05, 0.1) is 0 Å². The van der Waals surface area contributed by atoms with Crippen LogP contribution >= 0.6 is 0 Å². The van der Waals surface area contributed by atoms with Crippen molar-refractivity contribution in [1.29, 1.82) is 0 Å². The molecule has 0 bridgehead atoms. The molecule has 0 fully saturated rings. The fourth-order valence-corrected chi connectivity index (χ4v) is 0. The predicted octanol–water partition coefficient (Wildman–Crippen LogP) is -4.27. The molecule has 2 nitrogen and oxygen atoms in total. The molecule has 0 rings (SSSR count). The van der Waals surface area contributed by atoms with Crippen LogP contribution in [-0.2, 0) is 0 Å². The maximum atomic E-state index is 9.38. The Morgan fingerprint density at radius 1 is 1.83 bits per heavy atom. The molecule has 32 valence electrons. The minimum absolute atomic E-state index is 0. The molecule has 1 N–H and O–H groups in total. The van der Waals surface area contributed by atoms with Crippen molar-refractivity contribution in [2.45, 2.75) is 13.0 Å². The summed E-state index contributed by atoms with van der Waals surface area (Å²) in [7, 11) is 0. The van der Waals surface area contributed by atoms with E-state index in [9.17, 15) is 5.11 Å². The van der Waals surface area contributed by atoms with E-state index in [4.69, 9.17) is 5.11 Å². The Kier molecular flexibility index (Phi) is 9.89. The molecule has 0 heterocycles. The molecule has 0 saturated heterocycles. The van der Waals surface area contributed by atoms with E-state index < -0.39 is 6.10 Å². The number of aliphatic hydroxyl groups excluding tert-OH is 1. The Labute approximate surface area is 59.5 Å². The van der Waals surface area contributed by atoms with Crippen LogP contribution in [0.15, 0.2) is 0 Å². The molecule has 0 aliphatic heterocycles. The average molecular weight is 98.1 g/mol. The topological polar surface area (TPSA) is 43.3 Å². The van der Waals surface area contributed by atoms with Crippen LogP contribution in [0.3, 0.4) is 0 Å². The molecular weight excluding hydrogens is 91.0 g/mol. The fourth-order valence-electron chi connectivity index (χ4n) is 0. The van der Waals surface area contributed by atoms with Gasteiger partial charge in [-0.25, -0.2) is 0 Å². The molecule has 0 aromatic rings. The van der Waals surface area contributed by atoms with Gasteiger partial charge in [-0.2, -0.15) is 0 Å². The maximum absolute atomic E-state index is 9.38. The van der Waals surface area contributed by atoms with Gasteiger partial charge >= 0.3 is 29.6 Å². The summed E-state index contributed by atoms with van der Waals surface area (Å²) < 4.78 is 0. The zero-order valence-electron chi connectivity index (χ0n) is 4.14. The van der Waals surface area contributed by atoms with E-state index in [1.165, 1.54) is 6.92 Å². The van der Waals surface area contributed by atoms with E-state index in [1.54, 1.807) is 0 Å². The summed E-state index contributed by atoms with van der Waals surface area (Å²) in [5, 5.41) is 17.4. The third kappa shape index (κ3) is 8.87. The van der Waals surface area contributed by atoms with Crippen LogP contribution in [-0.4, -0.2) is 17.8 Å². The van der Waals surface area contributed by atoms with Gasteiger partial charge in [-0.05, 0) is 6.92 Å². The quantitative estimate of drug-likeness (QED) is 0.337. The summed E-state index contributed by atoms with van der Waals surface area (Å²) in [6.45, 7) is 1.08. The molecule has 0 aromatic carbocycles. The van der Waals surface area contributed by atoms with E-state index in [0.29, 0.717) is 0 Å². The smallest absolute Gasteiger partial charge is 0.853 e. The van der Waals surface area contributed by atoms with Crippen LogP contribution in [0.2, 0.25) is 0 Å². The molecule has 1 atom stereocenters. The van der Waals surface area contributed by atoms with Crippen LogP contribution in [0, 0.1) is 0 Å². The average Bonchev–Trinajstić information content (AvgIpc) is 1.38. The van der Waals surface area contributed by atoms with Gasteiger partial charge in [0.2, 0.25) is 0 Å². The van der Waals surface area contributed by atoms with Gasteiger partial charge in [0.1, 0.15) is 0 Å². The van der Waals surface area contributed by atoms with Gasteiger partial charge in [-0.3, -0.25) is 0 Å². The van der Waals surface area contributed by atoms with Crippen LogP contribution < -0.4 is 34.7 Å². The summed E-state index contributed by atoms with van der Waals surface area (Å²) >= 11 is 0. The summed E-state index contributed by atoms with van der Waals surface area (Å²) in [4.78, 5) is 0. The molecule has 0 aliphatic rings. The summed E-state index contributed by atoms with van der Waals surface area (Å²) in [6, 6.07) is 0. The van der Waals surface area contributed by atoms with Gasteiger partial charge in [0, 0.05) is 6.10 Å². The van der Waals surface area contributed by atoms with Crippen molar-refractivity contribution in [2.75, 3.05) is 6.61 Å². The predicted molar refractivity (Wildman–Crippen MR) is 16.5 cm³/mol. The Morgan fingerprint density at radius 3 is 2.00 bits per heavy atom. The third-order valence-corrected chi connectivity index (χ3v) is 0.241. The fraction of sp³-hybridized carbons (Fsp3) is 1.00. The molecule has 0 saturated carbocycles. The minimum atomic E-state index is -0.671. The molecular formula is C3H7NaO2. The summed E-state index contributed by atoms with van der Waals surface area (Å²) in [5.74, 6) is 0. The van der Waals surface area contributed by atoms with E-state index in [0.717, 1.165) is 0 Å². The third-order valence-electron chi connectivity index (χ3n) is 0.241. The zero-order valence-corrected chi connectivity index (χ0v) is 6.14. The molecule has 0 aliphatic carbocycles. The monoisotopic (exact) mass is 98.0 g/mol. The van der Waals surface area contributed by atoms with E-state index in [-0.39, 0.29) is 36.2 Å².